The van der Waals surface area contributed by atoms with Gasteiger partial charge in [0.25, 0.3) is 0 Å². The Kier molecular flexibility index (Phi) is 4.05. The summed E-state index contributed by atoms with van der Waals surface area (Å²) in [6.07, 6.45) is 9.35. The Morgan fingerprint density at radius 1 is 1.41 bits per heavy atom. The van der Waals surface area contributed by atoms with E-state index in [2.05, 4.69) is 17.3 Å². The van der Waals surface area contributed by atoms with Crippen LogP contribution >= 0.6 is 0 Å². The maximum absolute atomic E-state index is 6.39. The van der Waals surface area contributed by atoms with Gasteiger partial charge in [0, 0.05) is 30.9 Å². The average Bonchev–Trinajstić information content (AvgIpc) is 2.78. The highest BCUT2D eigenvalue weighted by Crippen LogP contribution is 2.28. The van der Waals surface area contributed by atoms with E-state index in [1.165, 1.54) is 32.1 Å². The highest BCUT2D eigenvalue weighted by Gasteiger charge is 2.26. The molecule has 1 heterocycles. The van der Waals surface area contributed by atoms with Crippen LogP contribution in [-0.2, 0) is 6.54 Å². The van der Waals surface area contributed by atoms with Crippen molar-refractivity contribution in [2.24, 2.45) is 5.73 Å². The molecule has 1 fully saturated rings. The molecule has 17 heavy (non-hydrogen) atoms. The summed E-state index contributed by atoms with van der Waals surface area (Å²) in [6.45, 7) is 3.94. The fourth-order valence-corrected chi connectivity index (χ4v) is 2.58. The average molecular weight is 236 g/mol. The molecule has 2 rings (SSSR count). The minimum absolute atomic E-state index is 0.0680. The minimum atomic E-state index is 0.0680. The molecule has 3 N–H and O–H groups in total. The second-order valence-corrected chi connectivity index (χ2v) is 5.16. The molecule has 0 spiro atoms. The lowest BCUT2D eigenvalue weighted by Gasteiger charge is -2.33. The predicted molar refractivity (Wildman–Crippen MR) is 71.0 cm³/mol. The van der Waals surface area contributed by atoms with Gasteiger partial charge in [-0.15, -0.1) is 0 Å². The molecular formula is C13H24N4. The summed E-state index contributed by atoms with van der Waals surface area (Å²) >= 11 is 0. The van der Waals surface area contributed by atoms with Crippen molar-refractivity contribution in [3.63, 3.8) is 0 Å². The lowest BCUT2D eigenvalue weighted by molar-refractivity contribution is 0.284. The number of hydrogen-bond donors (Lipinski definition) is 2. The number of nitrogens with one attached hydrogen (secondary N) is 1. The fourth-order valence-electron chi connectivity index (χ4n) is 2.58. The number of anilines is 1. The summed E-state index contributed by atoms with van der Waals surface area (Å²) in [4.78, 5) is 0. The topological polar surface area (TPSA) is 55.9 Å². The Labute approximate surface area is 104 Å². The highest BCUT2D eigenvalue weighted by molar-refractivity contribution is 5.31. The Hall–Kier alpha value is -1.03. The SMILES string of the molecule is CCn1ccc(NCCC2(N)CCCCC2)n1. The van der Waals surface area contributed by atoms with Crippen molar-refractivity contribution in [2.45, 2.75) is 57.5 Å². The normalized spacial score (nSPS) is 19.2. The summed E-state index contributed by atoms with van der Waals surface area (Å²) < 4.78 is 1.93. The molecule has 0 atom stereocenters. The van der Waals surface area contributed by atoms with Crippen molar-refractivity contribution < 1.29 is 0 Å². The van der Waals surface area contributed by atoms with Crippen LogP contribution < -0.4 is 11.1 Å². The van der Waals surface area contributed by atoms with E-state index in [1.54, 1.807) is 0 Å². The van der Waals surface area contributed by atoms with Crippen molar-refractivity contribution >= 4 is 5.82 Å². The van der Waals surface area contributed by atoms with Gasteiger partial charge >= 0.3 is 0 Å². The molecule has 1 aliphatic carbocycles. The summed E-state index contributed by atoms with van der Waals surface area (Å²) in [7, 11) is 0. The third kappa shape index (κ3) is 3.46. The number of hydrogen-bond acceptors (Lipinski definition) is 3. The van der Waals surface area contributed by atoms with E-state index in [4.69, 9.17) is 5.73 Å². The molecule has 0 aromatic carbocycles. The largest absolute Gasteiger partial charge is 0.369 e. The smallest absolute Gasteiger partial charge is 0.147 e. The van der Waals surface area contributed by atoms with E-state index in [0.717, 1.165) is 25.3 Å². The molecule has 0 saturated heterocycles. The fraction of sp³-hybridized carbons (Fsp3) is 0.769. The van der Waals surface area contributed by atoms with E-state index in [-0.39, 0.29) is 5.54 Å². The van der Waals surface area contributed by atoms with Crippen molar-refractivity contribution in [1.82, 2.24) is 9.78 Å². The van der Waals surface area contributed by atoms with Crippen LogP contribution in [-0.4, -0.2) is 21.9 Å². The summed E-state index contributed by atoms with van der Waals surface area (Å²) in [5.74, 6) is 0.964. The van der Waals surface area contributed by atoms with Crippen LogP contribution in [0.15, 0.2) is 12.3 Å². The van der Waals surface area contributed by atoms with Gasteiger partial charge in [-0.2, -0.15) is 5.10 Å². The zero-order valence-electron chi connectivity index (χ0n) is 10.8. The maximum Gasteiger partial charge on any atom is 0.147 e. The Bertz CT molecular complexity index is 339. The maximum atomic E-state index is 6.39. The molecule has 96 valence electrons. The number of nitrogens with two attached hydrogens (primary N) is 1. The van der Waals surface area contributed by atoms with E-state index >= 15 is 0 Å². The molecule has 1 saturated carbocycles. The molecule has 0 amide bonds. The first-order valence-corrected chi connectivity index (χ1v) is 6.78. The zero-order chi connectivity index (χ0) is 12.1. The van der Waals surface area contributed by atoms with E-state index in [1.807, 2.05) is 16.9 Å². The van der Waals surface area contributed by atoms with Crippen LogP contribution in [0.5, 0.6) is 0 Å². The summed E-state index contributed by atoms with van der Waals surface area (Å²) in [5, 5.41) is 7.76. The molecule has 1 aliphatic rings. The van der Waals surface area contributed by atoms with E-state index in [9.17, 15) is 0 Å². The molecule has 1 aromatic rings. The van der Waals surface area contributed by atoms with Crippen LogP contribution in [0.25, 0.3) is 0 Å². The quantitative estimate of drug-likeness (QED) is 0.825. The van der Waals surface area contributed by atoms with Crippen LogP contribution in [0.1, 0.15) is 45.4 Å². The van der Waals surface area contributed by atoms with Gasteiger partial charge in [0.2, 0.25) is 0 Å². The number of rotatable bonds is 5. The number of aryl methyl sites for hydroxylation is 1. The van der Waals surface area contributed by atoms with Crippen molar-refractivity contribution in [3.05, 3.63) is 12.3 Å². The van der Waals surface area contributed by atoms with Crippen molar-refractivity contribution in [2.75, 3.05) is 11.9 Å². The molecule has 4 heteroatoms. The second kappa shape index (κ2) is 5.54. The van der Waals surface area contributed by atoms with Gasteiger partial charge in [0.05, 0.1) is 0 Å². The lowest BCUT2D eigenvalue weighted by Crippen LogP contribution is -2.43. The van der Waals surface area contributed by atoms with Crippen molar-refractivity contribution in [1.29, 1.82) is 0 Å². The van der Waals surface area contributed by atoms with Crippen LogP contribution in [0.2, 0.25) is 0 Å². The predicted octanol–water partition coefficient (Wildman–Crippen LogP) is 2.37. The zero-order valence-corrected chi connectivity index (χ0v) is 10.8. The van der Waals surface area contributed by atoms with Gasteiger partial charge in [-0.25, -0.2) is 0 Å². The Morgan fingerprint density at radius 2 is 2.18 bits per heavy atom. The van der Waals surface area contributed by atoms with Gasteiger partial charge in [0.15, 0.2) is 0 Å². The summed E-state index contributed by atoms with van der Waals surface area (Å²) in [5.41, 5.74) is 6.46. The molecule has 0 unspecified atom stereocenters. The third-order valence-corrected chi connectivity index (χ3v) is 3.74. The molecule has 0 bridgehead atoms. The molecular weight excluding hydrogens is 212 g/mol. The Balaban J connectivity index is 1.74. The van der Waals surface area contributed by atoms with E-state index in [0.29, 0.717) is 0 Å². The van der Waals surface area contributed by atoms with Crippen LogP contribution in [0.4, 0.5) is 5.82 Å². The molecule has 4 nitrogen and oxygen atoms in total. The van der Waals surface area contributed by atoms with Gasteiger partial charge < -0.3 is 11.1 Å². The second-order valence-electron chi connectivity index (χ2n) is 5.16. The first kappa shape index (κ1) is 12.4. The minimum Gasteiger partial charge on any atom is -0.369 e. The first-order valence-electron chi connectivity index (χ1n) is 6.78. The van der Waals surface area contributed by atoms with Gasteiger partial charge in [-0.3, -0.25) is 4.68 Å². The number of nitrogens with zero attached hydrogens (tertiary/aromatic N) is 2. The molecule has 0 aliphatic heterocycles. The van der Waals surface area contributed by atoms with E-state index < -0.39 is 0 Å². The van der Waals surface area contributed by atoms with Crippen molar-refractivity contribution in [3.8, 4) is 0 Å². The molecule has 1 aromatic heterocycles. The monoisotopic (exact) mass is 236 g/mol. The lowest BCUT2D eigenvalue weighted by atomic mass is 9.80. The summed E-state index contributed by atoms with van der Waals surface area (Å²) in [6, 6.07) is 2.02. The Morgan fingerprint density at radius 3 is 2.82 bits per heavy atom. The molecule has 0 radical (unpaired) electrons. The highest BCUT2D eigenvalue weighted by atomic mass is 15.3. The van der Waals surface area contributed by atoms with Crippen LogP contribution in [0, 0.1) is 0 Å². The van der Waals surface area contributed by atoms with Gasteiger partial charge in [0.1, 0.15) is 5.82 Å². The van der Waals surface area contributed by atoms with Crippen LogP contribution in [0.3, 0.4) is 0 Å². The number of aromatic nitrogens is 2. The van der Waals surface area contributed by atoms with Gasteiger partial charge in [-0.1, -0.05) is 19.3 Å². The third-order valence-electron chi connectivity index (χ3n) is 3.74. The standard InChI is InChI=1S/C13H24N4/c1-2-17-11-6-12(16-17)15-10-9-13(14)7-4-3-5-8-13/h6,11H,2-5,7-10,14H2,1H3,(H,15,16). The van der Waals surface area contributed by atoms with Gasteiger partial charge in [-0.05, 0) is 26.2 Å². The first-order chi connectivity index (χ1) is 8.22.